The molecule has 0 amide bonds. The van der Waals surface area contributed by atoms with Gasteiger partial charge >= 0.3 is 5.97 Å². The van der Waals surface area contributed by atoms with Crippen molar-refractivity contribution in [2.24, 2.45) is 0 Å². The van der Waals surface area contributed by atoms with E-state index in [0.717, 1.165) is 29.8 Å². The lowest BCUT2D eigenvalue weighted by Crippen LogP contribution is -2.32. The first-order valence-corrected chi connectivity index (χ1v) is 9.35. The smallest absolute Gasteiger partial charge is 0.323 e. The number of carboxylic acids is 1. The van der Waals surface area contributed by atoms with Crippen LogP contribution in [0.15, 0.2) is 29.7 Å². The third-order valence-electron chi connectivity index (χ3n) is 3.94. The number of hydrogen-bond donors (Lipinski definition) is 1. The van der Waals surface area contributed by atoms with Crippen molar-refractivity contribution < 1.29 is 18.3 Å². The maximum Gasteiger partial charge on any atom is 0.323 e. The fraction of sp³-hybridized carbons (Fsp3) is 0.400. The van der Waals surface area contributed by atoms with Gasteiger partial charge < -0.3 is 9.67 Å². The van der Waals surface area contributed by atoms with E-state index < -0.39 is 15.8 Å². The maximum absolute atomic E-state index is 11.5. The van der Waals surface area contributed by atoms with Gasteiger partial charge in [-0.15, -0.1) is 0 Å². The number of hydrogen-bond acceptors (Lipinski definition) is 6. The lowest BCUT2D eigenvalue weighted by Gasteiger charge is -2.28. The first kappa shape index (κ1) is 16.6. The van der Waals surface area contributed by atoms with Crippen LogP contribution in [-0.2, 0) is 40.7 Å². The Labute approximate surface area is 139 Å². The number of aromatic nitrogens is 3. The largest absolute Gasteiger partial charge is 0.480 e. The predicted molar refractivity (Wildman–Crippen MR) is 85.0 cm³/mol. The Kier molecular flexibility index (Phi) is 4.37. The number of fused-ring (bicyclic) bond motifs is 1. The first-order chi connectivity index (χ1) is 11.3. The third kappa shape index (κ3) is 3.62. The van der Waals surface area contributed by atoms with Crippen molar-refractivity contribution in [3.05, 3.63) is 41.5 Å². The van der Waals surface area contributed by atoms with Crippen molar-refractivity contribution in [1.82, 2.24) is 19.4 Å². The first-order valence-electron chi connectivity index (χ1n) is 7.46. The Bertz CT molecular complexity index is 875. The van der Waals surface area contributed by atoms with Gasteiger partial charge in [0.15, 0.2) is 0 Å². The van der Waals surface area contributed by atoms with Gasteiger partial charge in [0.25, 0.3) is 0 Å². The molecule has 0 fully saturated rings. The quantitative estimate of drug-likeness (QED) is 0.774. The van der Waals surface area contributed by atoms with Crippen LogP contribution in [0, 0.1) is 0 Å². The molecule has 2 aromatic heterocycles. The Morgan fingerprint density at radius 2 is 2.21 bits per heavy atom. The molecule has 0 spiro atoms. The van der Waals surface area contributed by atoms with Gasteiger partial charge in [-0.1, -0.05) is 0 Å². The van der Waals surface area contributed by atoms with Crippen molar-refractivity contribution in [1.29, 1.82) is 0 Å². The average Bonchev–Trinajstić information content (AvgIpc) is 2.92. The summed E-state index contributed by atoms with van der Waals surface area (Å²) in [7, 11) is -3.40. The molecule has 3 rings (SSSR count). The summed E-state index contributed by atoms with van der Waals surface area (Å²) in [6, 6.07) is 3.74. The normalized spacial score (nSPS) is 15.2. The van der Waals surface area contributed by atoms with Crippen molar-refractivity contribution in [3.63, 3.8) is 0 Å². The molecule has 0 aromatic carbocycles. The van der Waals surface area contributed by atoms with Gasteiger partial charge in [0, 0.05) is 56.0 Å². The molecule has 1 aliphatic rings. The van der Waals surface area contributed by atoms with Crippen molar-refractivity contribution in [2.45, 2.75) is 31.2 Å². The predicted octanol–water partition coefficient (Wildman–Crippen LogP) is 0.324. The fourth-order valence-corrected chi connectivity index (χ4v) is 3.31. The third-order valence-corrected chi connectivity index (χ3v) is 4.80. The van der Waals surface area contributed by atoms with Crippen LogP contribution in [0.3, 0.4) is 0 Å². The fourth-order valence-electron chi connectivity index (χ4n) is 2.79. The van der Waals surface area contributed by atoms with E-state index in [0.29, 0.717) is 19.5 Å². The second-order valence-corrected chi connectivity index (χ2v) is 7.79. The SMILES string of the molecule is CS(=O)(=O)c1ncc2c(n1)CCN(Cc1cccn1CC(=O)O)C2. The highest BCUT2D eigenvalue weighted by atomic mass is 32.2. The Balaban J connectivity index is 1.74. The second kappa shape index (κ2) is 6.33. The van der Waals surface area contributed by atoms with Crippen LogP contribution in [0.2, 0.25) is 0 Å². The second-order valence-electron chi connectivity index (χ2n) is 5.88. The Morgan fingerprint density at radius 3 is 2.92 bits per heavy atom. The molecular weight excluding hydrogens is 332 g/mol. The number of rotatable bonds is 5. The van der Waals surface area contributed by atoms with Crippen LogP contribution in [0.25, 0.3) is 0 Å². The summed E-state index contributed by atoms with van der Waals surface area (Å²) >= 11 is 0. The molecule has 0 unspecified atom stereocenters. The Morgan fingerprint density at radius 1 is 1.42 bits per heavy atom. The molecule has 2 aromatic rings. The summed E-state index contributed by atoms with van der Waals surface area (Å²) in [6.07, 6.45) is 5.06. The average molecular weight is 350 g/mol. The monoisotopic (exact) mass is 350 g/mol. The van der Waals surface area contributed by atoms with E-state index in [9.17, 15) is 13.2 Å². The van der Waals surface area contributed by atoms with Gasteiger partial charge in [0.05, 0.1) is 5.69 Å². The zero-order valence-electron chi connectivity index (χ0n) is 13.2. The minimum atomic E-state index is -3.40. The molecule has 1 N–H and O–H groups in total. The summed E-state index contributed by atoms with van der Waals surface area (Å²) in [6.45, 7) is 1.89. The molecule has 8 nitrogen and oxygen atoms in total. The summed E-state index contributed by atoms with van der Waals surface area (Å²) in [5.41, 5.74) is 2.60. The molecular formula is C15H18N4O4S. The molecule has 3 heterocycles. The van der Waals surface area contributed by atoms with Gasteiger partial charge in [-0.3, -0.25) is 9.69 Å². The van der Waals surface area contributed by atoms with Crippen LogP contribution in [0.4, 0.5) is 0 Å². The van der Waals surface area contributed by atoms with Crippen LogP contribution < -0.4 is 0 Å². The zero-order chi connectivity index (χ0) is 17.3. The van der Waals surface area contributed by atoms with Gasteiger partial charge in [0.2, 0.25) is 15.0 Å². The zero-order valence-corrected chi connectivity index (χ0v) is 14.0. The van der Waals surface area contributed by atoms with Crippen molar-refractivity contribution in [2.75, 3.05) is 12.8 Å². The number of sulfone groups is 1. The van der Waals surface area contributed by atoms with E-state index in [-0.39, 0.29) is 11.7 Å². The van der Waals surface area contributed by atoms with Crippen LogP contribution >= 0.6 is 0 Å². The van der Waals surface area contributed by atoms with E-state index in [4.69, 9.17) is 5.11 Å². The molecule has 0 aliphatic carbocycles. The minimum absolute atomic E-state index is 0.0619. The molecule has 128 valence electrons. The standard InChI is InChI=1S/C15H18N4O4S/c1-24(22,23)15-16-7-11-8-18(6-4-13(11)17-15)9-12-3-2-5-19(12)10-14(20)21/h2-3,5,7H,4,6,8-10H2,1H3,(H,20,21). The van der Waals surface area contributed by atoms with E-state index in [1.54, 1.807) is 17.0 Å². The summed E-state index contributed by atoms with van der Waals surface area (Å²) in [5, 5.41) is 8.80. The molecule has 0 saturated carbocycles. The van der Waals surface area contributed by atoms with E-state index in [2.05, 4.69) is 14.9 Å². The lowest BCUT2D eigenvalue weighted by atomic mass is 10.1. The number of carbonyl (C=O) groups is 1. The molecule has 0 atom stereocenters. The molecule has 1 aliphatic heterocycles. The maximum atomic E-state index is 11.5. The lowest BCUT2D eigenvalue weighted by molar-refractivity contribution is -0.137. The van der Waals surface area contributed by atoms with Crippen molar-refractivity contribution >= 4 is 15.8 Å². The summed E-state index contributed by atoms with van der Waals surface area (Å²) in [4.78, 5) is 21.2. The highest BCUT2D eigenvalue weighted by Gasteiger charge is 2.21. The molecule has 9 heteroatoms. The number of nitrogens with zero attached hydrogens (tertiary/aromatic N) is 4. The Hall–Kier alpha value is -2.26. The van der Waals surface area contributed by atoms with Crippen LogP contribution in [-0.4, -0.2) is 51.7 Å². The molecule has 24 heavy (non-hydrogen) atoms. The van der Waals surface area contributed by atoms with Crippen LogP contribution in [0.1, 0.15) is 17.0 Å². The highest BCUT2D eigenvalue weighted by Crippen LogP contribution is 2.20. The minimum Gasteiger partial charge on any atom is -0.480 e. The topological polar surface area (TPSA) is 105 Å². The summed E-state index contributed by atoms with van der Waals surface area (Å²) in [5.74, 6) is -0.877. The van der Waals surface area contributed by atoms with E-state index in [1.165, 1.54) is 0 Å². The van der Waals surface area contributed by atoms with E-state index in [1.807, 2.05) is 12.1 Å². The van der Waals surface area contributed by atoms with Gasteiger partial charge in [0.1, 0.15) is 6.54 Å². The molecule has 0 radical (unpaired) electrons. The van der Waals surface area contributed by atoms with Crippen LogP contribution in [0.5, 0.6) is 0 Å². The molecule has 0 bridgehead atoms. The van der Waals surface area contributed by atoms with Gasteiger partial charge in [-0.25, -0.2) is 18.4 Å². The van der Waals surface area contributed by atoms with E-state index >= 15 is 0 Å². The van der Waals surface area contributed by atoms with Crippen molar-refractivity contribution in [3.8, 4) is 0 Å². The van der Waals surface area contributed by atoms with Gasteiger partial charge in [-0.2, -0.15) is 0 Å². The number of aliphatic carboxylic acids is 1. The highest BCUT2D eigenvalue weighted by molar-refractivity contribution is 7.90. The molecule has 0 saturated heterocycles. The number of carboxylic acid groups (broad SMARTS) is 1. The van der Waals surface area contributed by atoms with Gasteiger partial charge in [-0.05, 0) is 12.1 Å². The summed E-state index contributed by atoms with van der Waals surface area (Å²) < 4.78 is 24.8.